The van der Waals surface area contributed by atoms with Gasteiger partial charge in [0.25, 0.3) is 0 Å². The van der Waals surface area contributed by atoms with Crippen LogP contribution in [0.15, 0.2) is 24.3 Å². The van der Waals surface area contributed by atoms with Gasteiger partial charge >= 0.3 is 0 Å². The summed E-state index contributed by atoms with van der Waals surface area (Å²) in [5.41, 5.74) is -0.0762. The van der Waals surface area contributed by atoms with Gasteiger partial charge in [0.2, 0.25) is 11.8 Å². The lowest BCUT2D eigenvalue weighted by Crippen LogP contribution is -2.49. The lowest BCUT2D eigenvalue weighted by atomic mass is 9.79. The second kappa shape index (κ2) is 7.47. The number of hydrogen-bond acceptors (Lipinski definition) is 3. The number of halogens is 1. The molecule has 2 amide bonds. The van der Waals surface area contributed by atoms with Gasteiger partial charge in [-0.1, -0.05) is 18.2 Å². The second-order valence-electron chi connectivity index (χ2n) is 8.92. The summed E-state index contributed by atoms with van der Waals surface area (Å²) in [6.45, 7) is 8.61. The van der Waals surface area contributed by atoms with Gasteiger partial charge in [-0.2, -0.15) is 0 Å². The van der Waals surface area contributed by atoms with Crippen molar-refractivity contribution in [1.29, 1.82) is 0 Å². The molecule has 0 spiro atoms. The molecule has 5 nitrogen and oxygen atoms in total. The summed E-state index contributed by atoms with van der Waals surface area (Å²) in [7, 11) is 0. The summed E-state index contributed by atoms with van der Waals surface area (Å²) in [6, 6.07) is 6.82. The van der Waals surface area contributed by atoms with E-state index >= 15 is 0 Å². The van der Waals surface area contributed by atoms with Crippen molar-refractivity contribution in [2.75, 3.05) is 39.3 Å². The average Bonchev–Trinajstić information content (AvgIpc) is 3.37. The Morgan fingerprint density at radius 1 is 1.11 bits per heavy atom. The molecule has 28 heavy (non-hydrogen) atoms. The number of amides is 2. The van der Waals surface area contributed by atoms with Crippen molar-refractivity contribution in [3.05, 3.63) is 35.6 Å². The standard InChI is InChI=1S/C22H30FN3O2/c1-16(2)25-12-18-13-26(20(27)11-17-7-3-4-8-19(17)23)15-22(18,14-25)21(28)24-9-5-6-10-24/h3-4,7-8,16,18H,5-6,9-15H2,1-2H3/t18-,22-/m0/s1. The van der Waals surface area contributed by atoms with Crippen LogP contribution in [0.1, 0.15) is 32.3 Å². The Kier molecular flexibility index (Phi) is 5.17. The third-order valence-electron chi connectivity index (χ3n) is 6.84. The molecule has 4 rings (SSSR count). The van der Waals surface area contributed by atoms with Gasteiger partial charge in [-0.25, -0.2) is 4.39 Å². The van der Waals surface area contributed by atoms with E-state index in [2.05, 4.69) is 18.7 Å². The summed E-state index contributed by atoms with van der Waals surface area (Å²) >= 11 is 0. The van der Waals surface area contributed by atoms with Crippen LogP contribution in [0.25, 0.3) is 0 Å². The molecule has 2 atom stereocenters. The van der Waals surface area contributed by atoms with Gasteiger partial charge in [0.1, 0.15) is 5.82 Å². The van der Waals surface area contributed by atoms with Gasteiger partial charge in [0.15, 0.2) is 0 Å². The van der Waals surface area contributed by atoms with Crippen LogP contribution in [-0.2, 0) is 16.0 Å². The average molecular weight is 387 g/mol. The summed E-state index contributed by atoms with van der Waals surface area (Å²) in [4.78, 5) is 32.6. The second-order valence-corrected chi connectivity index (χ2v) is 8.92. The van der Waals surface area contributed by atoms with Crippen molar-refractivity contribution < 1.29 is 14.0 Å². The maximum absolute atomic E-state index is 14.0. The first-order valence-corrected chi connectivity index (χ1v) is 10.5. The van der Waals surface area contributed by atoms with Crippen LogP contribution in [-0.4, -0.2) is 71.8 Å². The van der Waals surface area contributed by atoms with Gasteiger partial charge in [-0.15, -0.1) is 0 Å². The highest BCUT2D eigenvalue weighted by atomic mass is 19.1. The van der Waals surface area contributed by atoms with Crippen LogP contribution < -0.4 is 0 Å². The molecule has 0 bridgehead atoms. The minimum atomic E-state index is -0.500. The van der Waals surface area contributed by atoms with Crippen LogP contribution in [0.3, 0.4) is 0 Å². The van der Waals surface area contributed by atoms with E-state index in [4.69, 9.17) is 0 Å². The molecule has 3 aliphatic rings. The van der Waals surface area contributed by atoms with E-state index in [0.29, 0.717) is 31.2 Å². The molecular formula is C22H30FN3O2. The van der Waals surface area contributed by atoms with Crippen LogP contribution in [0.2, 0.25) is 0 Å². The first kappa shape index (κ1) is 19.4. The van der Waals surface area contributed by atoms with Crippen LogP contribution in [0, 0.1) is 17.2 Å². The highest BCUT2D eigenvalue weighted by Crippen LogP contribution is 2.45. The van der Waals surface area contributed by atoms with Crippen molar-refractivity contribution in [2.45, 2.75) is 39.2 Å². The van der Waals surface area contributed by atoms with Gasteiger partial charge in [0.05, 0.1) is 11.8 Å². The van der Waals surface area contributed by atoms with Crippen LogP contribution in [0.4, 0.5) is 4.39 Å². The third kappa shape index (κ3) is 3.32. The highest BCUT2D eigenvalue weighted by Gasteiger charge is 2.59. The molecule has 0 aliphatic carbocycles. The number of carbonyl (C=O) groups is 2. The van der Waals surface area contributed by atoms with Crippen molar-refractivity contribution in [2.24, 2.45) is 11.3 Å². The summed E-state index contributed by atoms with van der Waals surface area (Å²) in [5.74, 6) is -0.0415. The molecular weight excluding hydrogens is 357 g/mol. The number of nitrogens with zero attached hydrogens (tertiary/aromatic N) is 3. The molecule has 0 saturated carbocycles. The Hall–Kier alpha value is -1.95. The predicted octanol–water partition coefficient (Wildman–Crippen LogP) is 2.16. The minimum absolute atomic E-state index is 0.0568. The Morgan fingerprint density at radius 2 is 1.82 bits per heavy atom. The maximum atomic E-state index is 14.0. The predicted molar refractivity (Wildman–Crippen MR) is 105 cm³/mol. The Morgan fingerprint density at radius 3 is 2.50 bits per heavy atom. The zero-order chi connectivity index (χ0) is 19.9. The van der Waals surface area contributed by atoms with E-state index in [1.165, 1.54) is 6.07 Å². The van der Waals surface area contributed by atoms with Crippen molar-refractivity contribution in [3.63, 3.8) is 0 Å². The SMILES string of the molecule is CC(C)N1C[C@H]2CN(C(=O)Cc3ccccc3F)C[C@@]2(C(=O)N2CCCC2)C1. The minimum Gasteiger partial charge on any atom is -0.342 e. The van der Waals surface area contributed by atoms with E-state index < -0.39 is 5.41 Å². The smallest absolute Gasteiger partial charge is 0.232 e. The first-order valence-electron chi connectivity index (χ1n) is 10.5. The Labute approximate surface area is 166 Å². The maximum Gasteiger partial charge on any atom is 0.232 e. The van der Waals surface area contributed by atoms with Gasteiger partial charge in [-0.05, 0) is 38.3 Å². The molecule has 3 aliphatic heterocycles. The molecule has 1 aromatic carbocycles. The van der Waals surface area contributed by atoms with Crippen LogP contribution in [0.5, 0.6) is 0 Å². The lowest BCUT2D eigenvalue weighted by molar-refractivity contribution is -0.141. The summed E-state index contributed by atoms with van der Waals surface area (Å²) in [5, 5.41) is 0. The number of hydrogen-bond donors (Lipinski definition) is 0. The number of carbonyl (C=O) groups excluding carboxylic acids is 2. The number of benzene rings is 1. The zero-order valence-corrected chi connectivity index (χ0v) is 16.9. The van der Waals surface area contributed by atoms with E-state index in [-0.39, 0.29) is 30.0 Å². The monoisotopic (exact) mass is 387 g/mol. The van der Waals surface area contributed by atoms with Crippen molar-refractivity contribution >= 4 is 11.8 Å². The molecule has 0 radical (unpaired) electrons. The molecule has 1 aromatic rings. The molecule has 3 heterocycles. The van der Waals surface area contributed by atoms with E-state index in [9.17, 15) is 14.0 Å². The van der Waals surface area contributed by atoms with Gasteiger partial charge in [-0.3, -0.25) is 14.5 Å². The Bertz CT molecular complexity index is 762. The normalized spacial score (nSPS) is 27.6. The molecule has 6 heteroatoms. The van der Waals surface area contributed by atoms with Crippen molar-refractivity contribution in [3.8, 4) is 0 Å². The van der Waals surface area contributed by atoms with E-state index in [0.717, 1.165) is 32.5 Å². The van der Waals surface area contributed by atoms with E-state index in [1.807, 2.05) is 9.80 Å². The molecule has 0 unspecified atom stereocenters. The lowest BCUT2D eigenvalue weighted by Gasteiger charge is -2.33. The molecule has 0 aromatic heterocycles. The third-order valence-corrected chi connectivity index (χ3v) is 6.84. The fourth-order valence-electron chi connectivity index (χ4n) is 5.14. The van der Waals surface area contributed by atoms with Gasteiger partial charge < -0.3 is 9.80 Å². The van der Waals surface area contributed by atoms with Gasteiger partial charge in [0, 0.05) is 51.2 Å². The largest absolute Gasteiger partial charge is 0.342 e. The van der Waals surface area contributed by atoms with Crippen LogP contribution >= 0.6 is 0 Å². The molecule has 152 valence electrons. The fraction of sp³-hybridized carbons (Fsp3) is 0.636. The fourth-order valence-corrected chi connectivity index (χ4v) is 5.14. The molecule has 0 N–H and O–H groups in total. The quantitative estimate of drug-likeness (QED) is 0.795. The molecule has 3 fully saturated rings. The first-order chi connectivity index (χ1) is 13.4. The summed E-state index contributed by atoms with van der Waals surface area (Å²) < 4.78 is 14.0. The summed E-state index contributed by atoms with van der Waals surface area (Å²) in [6.07, 6.45) is 2.19. The van der Waals surface area contributed by atoms with E-state index in [1.54, 1.807) is 18.2 Å². The topological polar surface area (TPSA) is 43.9 Å². The Balaban J connectivity index is 1.53. The molecule has 3 saturated heterocycles. The number of fused-ring (bicyclic) bond motifs is 1. The van der Waals surface area contributed by atoms with Crippen molar-refractivity contribution in [1.82, 2.24) is 14.7 Å². The highest BCUT2D eigenvalue weighted by molar-refractivity contribution is 5.87. The zero-order valence-electron chi connectivity index (χ0n) is 16.9. The number of rotatable bonds is 4. The number of likely N-dealkylation sites (tertiary alicyclic amines) is 3.